The van der Waals surface area contributed by atoms with Crippen molar-refractivity contribution in [1.82, 2.24) is 145 Å². The summed E-state index contributed by atoms with van der Waals surface area (Å²) in [6, 6.07) is 9.78. The molecular weight excluding hydrogens is 1820 g/mol. The van der Waals surface area contributed by atoms with Gasteiger partial charge in [0, 0.05) is 138 Å². The molecule has 47 heteroatoms. The first-order valence-electron chi connectivity index (χ1n) is 47.1. The fourth-order valence-corrected chi connectivity index (χ4v) is 18.3. The number of nitrogens with one attached hydrogen (secondary N) is 8. The van der Waals surface area contributed by atoms with Gasteiger partial charge in [-0.2, -0.15) is 40.8 Å². The first-order chi connectivity index (χ1) is 69.2. The van der Waals surface area contributed by atoms with E-state index in [2.05, 4.69) is 127 Å². The quantitative estimate of drug-likeness (QED) is 0.0237. The molecule has 0 atom stereocenters. The van der Waals surface area contributed by atoms with Gasteiger partial charge in [0.05, 0.1) is 144 Å². The number of nitrogens with zero attached hydrogens (tertiary/aromatic N) is 25. The Balaban J connectivity index is 0.000000120. The van der Waals surface area contributed by atoms with Crippen LogP contribution in [0, 0.1) is 0 Å². The minimum Gasteiger partial charge on any atom is -0.444 e. The second-order valence-electron chi connectivity index (χ2n) is 34.4. The number of hydrogen-bond acceptors (Lipinski definition) is 33. The lowest BCUT2D eigenvalue weighted by molar-refractivity contribution is 0.00505. The molecule has 45 nitrogen and oxygen atoms in total. The molecule has 18 heterocycles. The molecule has 0 bridgehead atoms. The molecule has 0 spiro atoms. The molecule has 2 aliphatic heterocycles. The van der Waals surface area contributed by atoms with E-state index in [0.29, 0.717) is 127 Å². The standard InChI is InChI=1S/C26H28F2N8O3.C24H27N9O3.2C22H24N8O3/c27-24(28)20-3-1-2-19(31-20)23-21(32-25(37)22-15-39-26(33-22)16-12-29-30-13-16)14-36(34-23)18-6-4-17(5-7-18)35-8-10-38-11-9-35;34-23(20-15-36-24(30-20)16-12-27-28-13-16)29-19-14-33(31-21(19)22-25-6-1-7-26-22)18-4-2-17(3-5-18)32-8-10-35-11-9-32;1-2-32-16-6-4-15(5-7-16)30-12-17(19(29-30)20-23-8-3-9-24-20)27-21(31)18-13-33-22(28-18)14-10-25-26-11-14;1-2-32-16-5-3-15(4-6-16)30-12-18(20(29-30)17-11-23-7-8-24-17)27-21(31)19-13-33-22(28-19)14-9-25-26-10-14/h1-3,12-15,17-18,24H,4-11H2,(H,29,30)(H,32,37);1,6-7,12-15,17-18H,2-5,8-11H2,(H,27,28)(H,29,34);3,8-13,15-16H,2,4-7H2,1H3,(H,25,26)(H,27,31);7-13,15-16H,2-6H2,1H3,(H,25,26)(H,27,31). The summed E-state index contributed by atoms with van der Waals surface area (Å²) in [4.78, 5) is 104. The Morgan fingerprint density at radius 3 is 1.03 bits per heavy atom. The topological polar surface area (TPSA) is 540 Å². The first-order valence-corrected chi connectivity index (χ1v) is 47.1. The van der Waals surface area contributed by atoms with Gasteiger partial charge in [-0.25, -0.2) is 53.6 Å². The highest BCUT2D eigenvalue weighted by Gasteiger charge is 2.35. The molecule has 22 rings (SSSR count). The molecule has 16 aromatic rings. The van der Waals surface area contributed by atoms with Gasteiger partial charge < -0.3 is 57.9 Å². The molecule has 4 aliphatic carbocycles. The maximum absolute atomic E-state index is 13.4. The fraction of sp³-hybridized carbons (Fsp3) is 0.394. The second-order valence-corrected chi connectivity index (χ2v) is 34.4. The zero-order valence-corrected chi connectivity index (χ0v) is 77.1. The Bertz CT molecular complexity index is 6490. The maximum atomic E-state index is 13.4. The molecule has 16 aromatic heterocycles. The van der Waals surface area contributed by atoms with E-state index in [9.17, 15) is 28.0 Å². The van der Waals surface area contributed by atoms with Crippen molar-refractivity contribution in [2.24, 2.45) is 0 Å². The Morgan fingerprint density at radius 1 is 0.383 bits per heavy atom. The molecule has 0 radical (unpaired) electrons. The Morgan fingerprint density at radius 2 is 0.709 bits per heavy atom. The van der Waals surface area contributed by atoms with Crippen molar-refractivity contribution < 1.29 is 64.6 Å². The van der Waals surface area contributed by atoms with E-state index in [1.165, 1.54) is 43.4 Å². The van der Waals surface area contributed by atoms with Crippen molar-refractivity contribution >= 4 is 46.4 Å². The predicted octanol–water partition coefficient (Wildman–Crippen LogP) is 14.1. The number of aromatic amines is 4. The van der Waals surface area contributed by atoms with E-state index >= 15 is 0 Å². The van der Waals surface area contributed by atoms with Crippen LogP contribution in [0.25, 0.3) is 91.6 Å². The first kappa shape index (κ1) is 94.4. The van der Waals surface area contributed by atoms with Crippen molar-refractivity contribution in [2.75, 3.05) is 87.1 Å². The van der Waals surface area contributed by atoms with Crippen LogP contribution in [-0.2, 0) is 18.9 Å². The third kappa shape index (κ3) is 23.0. The Hall–Kier alpha value is -15.6. The summed E-state index contributed by atoms with van der Waals surface area (Å²) in [6.45, 7) is 12.6. The molecule has 0 aromatic carbocycles. The van der Waals surface area contributed by atoms with Gasteiger partial charge in [-0.3, -0.25) is 78.1 Å². The van der Waals surface area contributed by atoms with Crippen LogP contribution in [0.3, 0.4) is 0 Å². The van der Waals surface area contributed by atoms with Crippen LogP contribution < -0.4 is 21.3 Å². The minimum atomic E-state index is -2.72. The van der Waals surface area contributed by atoms with Crippen LogP contribution in [0.1, 0.15) is 195 Å². The summed E-state index contributed by atoms with van der Waals surface area (Å²) in [5.74, 6) is 0.329. The van der Waals surface area contributed by atoms with Crippen LogP contribution in [0.15, 0.2) is 191 Å². The van der Waals surface area contributed by atoms with Crippen molar-refractivity contribution in [1.29, 1.82) is 0 Å². The normalized spacial score (nSPS) is 19.6. The number of aromatic nitrogens is 27. The second kappa shape index (κ2) is 44.9. The fourth-order valence-electron chi connectivity index (χ4n) is 18.3. The zero-order chi connectivity index (χ0) is 96.3. The van der Waals surface area contributed by atoms with E-state index in [4.69, 9.17) is 57.0 Å². The summed E-state index contributed by atoms with van der Waals surface area (Å²) in [5.41, 5.74) is 7.44. The molecule has 4 amide bonds. The Labute approximate surface area is 803 Å². The third-order valence-electron chi connectivity index (χ3n) is 25.5. The lowest BCUT2D eigenvalue weighted by Gasteiger charge is -2.38. The lowest BCUT2D eigenvalue weighted by Crippen LogP contribution is -2.45. The predicted molar refractivity (Wildman–Crippen MR) is 502 cm³/mol. The number of anilines is 4. The van der Waals surface area contributed by atoms with Gasteiger partial charge in [0.2, 0.25) is 23.6 Å². The largest absolute Gasteiger partial charge is 0.444 e. The number of carbonyl (C=O) groups is 4. The number of H-pyrrole nitrogens is 4. The number of carbonyl (C=O) groups excluding carboxylic acids is 4. The van der Waals surface area contributed by atoms with E-state index in [1.807, 2.05) is 51.2 Å². The van der Waals surface area contributed by atoms with Gasteiger partial charge >= 0.3 is 0 Å². The van der Waals surface area contributed by atoms with Crippen molar-refractivity contribution in [3.63, 3.8) is 0 Å². The summed E-state index contributed by atoms with van der Waals surface area (Å²) >= 11 is 0. The highest BCUT2D eigenvalue weighted by atomic mass is 19.3. The zero-order valence-electron chi connectivity index (χ0n) is 77.1. The molecule has 141 heavy (non-hydrogen) atoms. The molecule has 8 N–H and O–H groups in total. The lowest BCUT2D eigenvalue weighted by atomic mass is 9.90. The number of ether oxygens (including phenoxy) is 4. The molecule has 6 fully saturated rings. The third-order valence-corrected chi connectivity index (χ3v) is 25.5. The van der Waals surface area contributed by atoms with Crippen molar-refractivity contribution in [2.45, 2.75) is 171 Å². The van der Waals surface area contributed by atoms with Gasteiger partial charge in [-0.05, 0) is 141 Å². The van der Waals surface area contributed by atoms with Gasteiger partial charge in [0.15, 0.2) is 45.8 Å². The number of oxazole rings is 4. The SMILES string of the molecule is CCOC1CCC(n2cc(NC(=O)c3coc(-c4cn[nH]c4)n3)c(-c3cnccn3)n2)CC1.CCOC1CCC(n2cc(NC(=O)c3coc(-c4cn[nH]c4)n3)c(-c3ncccn3)n2)CC1.O=C(Nc1cn(C2CCC(N3CCOCC3)CC2)nc1-c1cccc(C(F)F)n1)c1coc(-c2cn[nH]c2)n1.O=C(Nc1cn(C2CCC(N3CCOCC3)CC2)nc1-c1ncccn1)c1coc(-c2cn[nH]c2)n1. The average molecular weight is 1930 g/mol. The van der Waals surface area contributed by atoms with Gasteiger partial charge in [0.25, 0.3) is 30.1 Å². The van der Waals surface area contributed by atoms with Gasteiger partial charge in [-0.15, -0.1) is 0 Å². The molecule has 4 saturated carbocycles. The number of pyridine rings is 1. The monoisotopic (exact) mass is 1920 g/mol. The number of alkyl halides is 2. The van der Waals surface area contributed by atoms with Crippen LogP contribution in [-0.4, -0.2) is 258 Å². The van der Waals surface area contributed by atoms with Crippen LogP contribution in [0.4, 0.5) is 31.5 Å². The highest BCUT2D eigenvalue weighted by molar-refractivity contribution is 6.07. The summed E-state index contributed by atoms with van der Waals surface area (Å²) < 4.78 is 78.7. The van der Waals surface area contributed by atoms with Gasteiger partial charge in [0.1, 0.15) is 47.8 Å². The maximum Gasteiger partial charge on any atom is 0.280 e. The molecule has 2 saturated heterocycles. The van der Waals surface area contributed by atoms with Crippen molar-refractivity contribution in [3.05, 3.63) is 202 Å². The molecular formula is C94H103F2N33O12. The Kier molecular flexibility index (Phi) is 30.1. The van der Waals surface area contributed by atoms with E-state index < -0.39 is 30.1 Å². The number of amides is 4. The molecule has 0 unspecified atom stereocenters. The summed E-state index contributed by atoms with van der Waals surface area (Å²) in [6.07, 6.45) is 50.5. The van der Waals surface area contributed by atoms with Crippen molar-refractivity contribution in [3.8, 4) is 91.6 Å². The number of morpholine rings is 2. The summed E-state index contributed by atoms with van der Waals surface area (Å²) in [7, 11) is 0. The number of hydrogen-bond donors (Lipinski definition) is 8. The van der Waals surface area contributed by atoms with E-state index in [0.717, 1.165) is 169 Å². The van der Waals surface area contributed by atoms with Crippen LogP contribution >= 0.6 is 0 Å². The minimum absolute atomic E-state index is 0.0604. The van der Waals surface area contributed by atoms with Gasteiger partial charge in [-0.1, -0.05) is 6.07 Å². The average Bonchev–Trinajstić information content (AvgIpc) is 1.66. The number of halogens is 2. The van der Waals surface area contributed by atoms with E-state index in [-0.39, 0.29) is 64.2 Å². The van der Waals surface area contributed by atoms with E-state index in [1.54, 1.807) is 111 Å². The number of rotatable bonds is 27. The molecule has 730 valence electrons. The summed E-state index contributed by atoms with van der Waals surface area (Å²) in [5, 5.41) is 56.9. The smallest absolute Gasteiger partial charge is 0.280 e. The molecule has 6 aliphatic rings. The van der Waals surface area contributed by atoms with Crippen LogP contribution in [0.5, 0.6) is 0 Å². The highest BCUT2D eigenvalue weighted by Crippen LogP contribution is 2.41. The van der Waals surface area contributed by atoms with Crippen LogP contribution in [0.2, 0.25) is 0 Å².